The number of nitrogens with one attached hydrogen (secondary N) is 1. The normalized spacial score (nSPS) is 11.4. The zero-order valence-electron chi connectivity index (χ0n) is 14.8. The summed E-state index contributed by atoms with van der Waals surface area (Å²) in [4.78, 5) is 22.0. The first-order valence-electron chi connectivity index (χ1n) is 8.51. The van der Waals surface area contributed by atoms with Gasteiger partial charge in [0.25, 0.3) is 5.56 Å². The lowest BCUT2D eigenvalue weighted by Crippen LogP contribution is -2.22. The number of fused-ring (bicyclic) bond motifs is 1. The van der Waals surface area contributed by atoms with Gasteiger partial charge in [-0.25, -0.2) is 4.98 Å². The number of rotatable bonds is 6. The zero-order chi connectivity index (χ0) is 18.6. The van der Waals surface area contributed by atoms with Gasteiger partial charge in [0.1, 0.15) is 22.8 Å². The molecule has 4 heterocycles. The van der Waals surface area contributed by atoms with E-state index >= 15 is 0 Å². The molecule has 0 spiro atoms. The van der Waals surface area contributed by atoms with E-state index in [1.165, 1.54) is 4.40 Å². The Hall–Kier alpha value is -3.61. The van der Waals surface area contributed by atoms with Crippen molar-refractivity contribution >= 4 is 17.7 Å². The summed E-state index contributed by atoms with van der Waals surface area (Å²) in [6, 6.07) is 9.24. The SMILES string of the molecule is Cc1ccc2nc(NCc3ccoc3)c(C=NCc3ccco3)c(=O)n2c1. The van der Waals surface area contributed by atoms with Crippen molar-refractivity contribution in [2.75, 3.05) is 5.32 Å². The predicted octanol–water partition coefficient (Wildman–Crippen LogP) is 3.42. The predicted molar refractivity (Wildman–Crippen MR) is 102 cm³/mol. The molecule has 0 saturated carbocycles. The van der Waals surface area contributed by atoms with Crippen molar-refractivity contribution in [3.8, 4) is 0 Å². The van der Waals surface area contributed by atoms with E-state index in [2.05, 4.69) is 15.3 Å². The van der Waals surface area contributed by atoms with Crippen LogP contribution in [-0.4, -0.2) is 15.6 Å². The van der Waals surface area contributed by atoms with Crippen LogP contribution < -0.4 is 10.9 Å². The molecule has 0 aliphatic heterocycles. The maximum atomic E-state index is 13.0. The van der Waals surface area contributed by atoms with Crippen LogP contribution in [0.3, 0.4) is 0 Å². The minimum absolute atomic E-state index is 0.179. The highest BCUT2D eigenvalue weighted by Gasteiger charge is 2.11. The number of aromatic nitrogens is 2. The molecule has 4 rings (SSSR count). The van der Waals surface area contributed by atoms with Crippen LogP contribution in [0.2, 0.25) is 0 Å². The van der Waals surface area contributed by atoms with E-state index < -0.39 is 0 Å². The number of hydrogen-bond acceptors (Lipinski definition) is 6. The molecule has 0 amide bonds. The standard InChI is InChI=1S/C20H18N4O3/c1-14-4-5-18-23-19(22-9-15-6-8-26-13-15)17(20(25)24(18)12-14)11-21-10-16-3-2-7-27-16/h2-8,11-13,22H,9-10H2,1H3. The topological polar surface area (TPSA) is 85.0 Å². The fourth-order valence-corrected chi connectivity index (χ4v) is 2.72. The molecule has 0 saturated heterocycles. The van der Waals surface area contributed by atoms with Gasteiger partial charge in [0.15, 0.2) is 0 Å². The molecule has 0 aromatic carbocycles. The van der Waals surface area contributed by atoms with Gasteiger partial charge in [-0.05, 0) is 36.8 Å². The molecule has 0 radical (unpaired) electrons. The Morgan fingerprint density at radius 1 is 1.26 bits per heavy atom. The maximum Gasteiger partial charge on any atom is 0.268 e. The van der Waals surface area contributed by atoms with Gasteiger partial charge in [-0.2, -0.15) is 0 Å². The molecule has 4 aromatic rings. The van der Waals surface area contributed by atoms with Crippen LogP contribution in [0.4, 0.5) is 5.82 Å². The summed E-state index contributed by atoms with van der Waals surface area (Å²) in [6.45, 7) is 2.77. The number of nitrogens with zero attached hydrogens (tertiary/aromatic N) is 3. The number of furan rings is 2. The van der Waals surface area contributed by atoms with Gasteiger partial charge in [-0.15, -0.1) is 0 Å². The van der Waals surface area contributed by atoms with Crippen LogP contribution >= 0.6 is 0 Å². The first-order valence-corrected chi connectivity index (χ1v) is 8.51. The Bertz CT molecular complexity index is 1130. The monoisotopic (exact) mass is 362 g/mol. The van der Waals surface area contributed by atoms with Crippen molar-refractivity contribution in [1.82, 2.24) is 9.38 Å². The van der Waals surface area contributed by atoms with Gasteiger partial charge in [0.05, 0.1) is 25.3 Å². The lowest BCUT2D eigenvalue weighted by molar-refractivity contribution is 0.513. The first-order chi connectivity index (χ1) is 13.2. The Kier molecular flexibility index (Phi) is 4.57. The molecular weight excluding hydrogens is 344 g/mol. The maximum absolute atomic E-state index is 13.0. The molecular formula is C20H18N4O3. The number of hydrogen-bond donors (Lipinski definition) is 1. The fourth-order valence-electron chi connectivity index (χ4n) is 2.72. The van der Waals surface area contributed by atoms with Gasteiger partial charge >= 0.3 is 0 Å². The fraction of sp³-hybridized carbons (Fsp3) is 0.150. The second kappa shape index (κ2) is 7.33. The largest absolute Gasteiger partial charge is 0.472 e. The summed E-state index contributed by atoms with van der Waals surface area (Å²) < 4.78 is 11.9. The van der Waals surface area contributed by atoms with Crippen LogP contribution in [0.15, 0.2) is 73.9 Å². The minimum Gasteiger partial charge on any atom is -0.472 e. The van der Waals surface area contributed by atoms with Gasteiger partial charge in [-0.3, -0.25) is 14.2 Å². The highest BCUT2D eigenvalue weighted by molar-refractivity contribution is 5.86. The van der Waals surface area contributed by atoms with Gasteiger partial charge in [-0.1, -0.05) is 6.07 Å². The van der Waals surface area contributed by atoms with Gasteiger partial charge in [0, 0.05) is 24.5 Å². The van der Waals surface area contributed by atoms with Crippen molar-refractivity contribution in [3.63, 3.8) is 0 Å². The Morgan fingerprint density at radius 3 is 2.96 bits per heavy atom. The summed E-state index contributed by atoms with van der Waals surface area (Å²) in [6.07, 6.45) is 8.17. The van der Waals surface area contributed by atoms with Crippen molar-refractivity contribution in [2.45, 2.75) is 20.0 Å². The lowest BCUT2D eigenvalue weighted by atomic mass is 10.2. The van der Waals surface area contributed by atoms with Crippen molar-refractivity contribution in [3.05, 3.63) is 88.1 Å². The van der Waals surface area contributed by atoms with E-state index in [1.54, 1.807) is 37.3 Å². The third-order valence-corrected chi connectivity index (χ3v) is 4.09. The van der Waals surface area contributed by atoms with Crippen molar-refractivity contribution in [2.24, 2.45) is 4.99 Å². The smallest absolute Gasteiger partial charge is 0.268 e. The van der Waals surface area contributed by atoms with E-state index in [0.29, 0.717) is 30.1 Å². The molecule has 0 unspecified atom stereocenters. The average molecular weight is 362 g/mol. The molecule has 0 aliphatic carbocycles. The molecule has 7 heteroatoms. The van der Waals surface area contributed by atoms with Crippen molar-refractivity contribution < 1.29 is 8.83 Å². The molecule has 7 nitrogen and oxygen atoms in total. The van der Waals surface area contributed by atoms with E-state index in [9.17, 15) is 4.79 Å². The lowest BCUT2D eigenvalue weighted by Gasteiger charge is -2.10. The molecule has 1 N–H and O–H groups in total. The molecule has 0 bridgehead atoms. The zero-order valence-corrected chi connectivity index (χ0v) is 14.8. The number of anilines is 1. The summed E-state index contributed by atoms with van der Waals surface area (Å²) in [5, 5.41) is 3.21. The Balaban J connectivity index is 1.72. The van der Waals surface area contributed by atoms with E-state index in [0.717, 1.165) is 16.9 Å². The van der Waals surface area contributed by atoms with E-state index in [4.69, 9.17) is 8.83 Å². The molecule has 136 valence electrons. The number of aliphatic imine (C=N–C) groups is 1. The van der Waals surface area contributed by atoms with Crippen LogP contribution in [0.25, 0.3) is 5.65 Å². The quantitative estimate of drug-likeness (QED) is 0.531. The summed E-state index contributed by atoms with van der Waals surface area (Å²) in [5.74, 6) is 1.21. The molecule has 0 atom stereocenters. The summed E-state index contributed by atoms with van der Waals surface area (Å²) in [5.41, 5.74) is 2.72. The summed E-state index contributed by atoms with van der Waals surface area (Å²) in [7, 11) is 0. The van der Waals surface area contributed by atoms with Crippen LogP contribution in [0.5, 0.6) is 0 Å². The van der Waals surface area contributed by atoms with Gasteiger partial charge < -0.3 is 14.2 Å². The van der Waals surface area contributed by atoms with Crippen LogP contribution in [0.1, 0.15) is 22.5 Å². The second-order valence-electron chi connectivity index (χ2n) is 6.15. The Labute approximate surface area is 155 Å². The van der Waals surface area contributed by atoms with E-state index in [1.807, 2.05) is 31.2 Å². The first kappa shape index (κ1) is 16.8. The Morgan fingerprint density at radius 2 is 2.19 bits per heavy atom. The molecule has 4 aromatic heterocycles. The third kappa shape index (κ3) is 3.67. The number of aryl methyl sites for hydroxylation is 1. The highest BCUT2D eigenvalue weighted by atomic mass is 16.3. The average Bonchev–Trinajstić information content (AvgIpc) is 3.36. The van der Waals surface area contributed by atoms with Crippen LogP contribution in [0, 0.1) is 6.92 Å². The molecule has 27 heavy (non-hydrogen) atoms. The number of pyridine rings is 1. The minimum atomic E-state index is -0.179. The van der Waals surface area contributed by atoms with Crippen molar-refractivity contribution in [1.29, 1.82) is 0 Å². The highest BCUT2D eigenvalue weighted by Crippen LogP contribution is 2.13. The molecule has 0 fully saturated rings. The third-order valence-electron chi connectivity index (χ3n) is 4.09. The van der Waals surface area contributed by atoms with Crippen LogP contribution in [-0.2, 0) is 13.1 Å². The molecule has 0 aliphatic rings. The summed E-state index contributed by atoms with van der Waals surface area (Å²) >= 11 is 0. The van der Waals surface area contributed by atoms with Gasteiger partial charge in [0.2, 0.25) is 0 Å². The second-order valence-corrected chi connectivity index (χ2v) is 6.15. The van der Waals surface area contributed by atoms with E-state index in [-0.39, 0.29) is 5.56 Å².